The van der Waals surface area contributed by atoms with E-state index in [2.05, 4.69) is 4.98 Å². The number of hydrogen-bond acceptors (Lipinski definition) is 4. The van der Waals surface area contributed by atoms with Crippen LogP contribution in [-0.2, 0) is 22.6 Å². The fraction of sp³-hybridized carbons (Fsp3) is 0.350. The molecule has 5 nitrogen and oxygen atoms in total. The van der Waals surface area contributed by atoms with Gasteiger partial charge < -0.3 is 10.6 Å². The number of carbonyl (C=O) groups excluding carboxylic acids is 2. The molecule has 0 aliphatic carbocycles. The lowest BCUT2D eigenvalue weighted by molar-refractivity contribution is -0.133. The van der Waals surface area contributed by atoms with Crippen molar-refractivity contribution in [2.75, 3.05) is 12.3 Å². The highest BCUT2D eigenvalue weighted by molar-refractivity contribution is 5.85. The van der Waals surface area contributed by atoms with Crippen molar-refractivity contribution in [3.63, 3.8) is 0 Å². The highest BCUT2D eigenvalue weighted by Crippen LogP contribution is 2.10. The summed E-state index contributed by atoms with van der Waals surface area (Å²) in [6, 6.07) is 13.2. The second-order valence-electron chi connectivity index (χ2n) is 6.01. The lowest BCUT2D eigenvalue weighted by Crippen LogP contribution is -2.30. The van der Waals surface area contributed by atoms with Crippen LogP contribution in [0.4, 0.5) is 5.69 Å². The Hall–Kier alpha value is -2.69. The number of hydrogen-bond donors (Lipinski definition) is 1. The molecular weight excluding hydrogens is 314 g/mol. The van der Waals surface area contributed by atoms with Gasteiger partial charge in [-0.05, 0) is 43.2 Å². The number of pyridine rings is 1. The lowest BCUT2D eigenvalue weighted by atomic mass is 10.0. The minimum Gasteiger partial charge on any atom is -0.399 e. The van der Waals surface area contributed by atoms with Crippen molar-refractivity contribution in [3.05, 3.63) is 59.9 Å². The Bertz CT molecular complexity index is 684. The first-order valence-electron chi connectivity index (χ1n) is 8.62. The predicted octanol–water partition coefficient (Wildman–Crippen LogP) is 2.99. The van der Waals surface area contributed by atoms with Gasteiger partial charge in [-0.1, -0.05) is 18.2 Å². The van der Waals surface area contributed by atoms with E-state index in [0.717, 1.165) is 11.3 Å². The molecule has 2 rings (SSSR count). The van der Waals surface area contributed by atoms with E-state index in [4.69, 9.17) is 5.73 Å². The molecule has 2 aromatic rings. The van der Waals surface area contributed by atoms with Gasteiger partial charge in [0, 0.05) is 37.7 Å². The van der Waals surface area contributed by atoms with Crippen LogP contribution in [0.5, 0.6) is 0 Å². The predicted molar refractivity (Wildman–Crippen MR) is 98.7 cm³/mol. The maximum atomic E-state index is 12.3. The summed E-state index contributed by atoms with van der Waals surface area (Å²) in [7, 11) is 0. The van der Waals surface area contributed by atoms with Crippen molar-refractivity contribution < 1.29 is 9.59 Å². The number of aromatic nitrogens is 1. The van der Waals surface area contributed by atoms with Crippen molar-refractivity contribution in [2.24, 2.45) is 0 Å². The third-order valence-electron chi connectivity index (χ3n) is 4.10. The molecule has 0 radical (unpaired) electrons. The topological polar surface area (TPSA) is 76.3 Å². The number of nitrogens with two attached hydrogens (primary N) is 1. The number of amides is 1. The van der Waals surface area contributed by atoms with Crippen LogP contribution in [0.25, 0.3) is 0 Å². The first kappa shape index (κ1) is 18.6. The summed E-state index contributed by atoms with van der Waals surface area (Å²) in [6.07, 6.45) is 3.38. The number of benzene rings is 1. The van der Waals surface area contributed by atoms with Crippen molar-refractivity contribution in [2.45, 2.75) is 39.2 Å². The lowest BCUT2D eigenvalue weighted by Gasteiger charge is -2.20. The maximum Gasteiger partial charge on any atom is 0.223 e. The van der Waals surface area contributed by atoms with Crippen molar-refractivity contribution in [1.82, 2.24) is 9.88 Å². The Morgan fingerprint density at radius 3 is 2.44 bits per heavy atom. The number of carbonyl (C=O) groups is 2. The van der Waals surface area contributed by atoms with Crippen LogP contribution in [0.2, 0.25) is 0 Å². The zero-order valence-corrected chi connectivity index (χ0v) is 14.6. The third kappa shape index (κ3) is 6.37. The minimum atomic E-state index is -0.00557. The summed E-state index contributed by atoms with van der Waals surface area (Å²) in [4.78, 5) is 30.4. The second-order valence-corrected chi connectivity index (χ2v) is 6.01. The number of aryl methyl sites for hydroxylation is 1. The molecule has 0 saturated carbocycles. The van der Waals surface area contributed by atoms with Crippen LogP contribution in [0.1, 0.15) is 37.4 Å². The fourth-order valence-corrected chi connectivity index (χ4v) is 2.56. The van der Waals surface area contributed by atoms with Crippen LogP contribution in [-0.4, -0.2) is 28.1 Å². The molecular formula is C20H25N3O2. The molecule has 0 atom stereocenters. The zero-order chi connectivity index (χ0) is 18.1. The summed E-state index contributed by atoms with van der Waals surface area (Å²) in [5.74, 6) is 0.105. The molecule has 1 aromatic heterocycles. The summed E-state index contributed by atoms with van der Waals surface area (Å²) in [5.41, 5.74) is 8.30. The Kier molecular flexibility index (Phi) is 7.14. The standard InChI is InChI=1S/C20H25N3O2/c1-2-23(15-18-5-3-4-14-22-18)20(25)13-12-19(24)11-8-16-6-9-17(21)10-7-16/h3-7,9-10,14H,2,8,11-13,15,21H2,1H3. The monoisotopic (exact) mass is 339 g/mol. The van der Waals surface area contributed by atoms with E-state index in [1.165, 1.54) is 0 Å². The average Bonchev–Trinajstić information content (AvgIpc) is 2.64. The molecule has 132 valence electrons. The first-order valence-corrected chi connectivity index (χ1v) is 8.62. The van der Waals surface area contributed by atoms with Crippen LogP contribution in [0, 0.1) is 0 Å². The van der Waals surface area contributed by atoms with Crippen molar-refractivity contribution >= 4 is 17.4 Å². The van der Waals surface area contributed by atoms with Gasteiger partial charge in [0.25, 0.3) is 0 Å². The Balaban J connectivity index is 1.75. The second kappa shape index (κ2) is 9.57. The van der Waals surface area contributed by atoms with Gasteiger partial charge in [0.15, 0.2) is 0 Å². The van der Waals surface area contributed by atoms with Gasteiger partial charge >= 0.3 is 0 Å². The van der Waals surface area contributed by atoms with Gasteiger partial charge in [-0.25, -0.2) is 0 Å². The molecule has 1 amide bonds. The smallest absolute Gasteiger partial charge is 0.223 e. The Morgan fingerprint density at radius 1 is 1.04 bits per heavy atom. The van der Waals surface area contributed by atoms with Gasteiger partial charge in [-0.2, -0.15) is 0 Å². The van der Waals surface area contributed by atoms with Crippen molar-refractivity contribution in [3.8, 4) is 0 Å². The van der Waals surface area contributed by atoms with Crippen LogP contribution < -0.4 is 5.73 Å². The summed E-state index contributed by atoms with van der Waals surface area (Å²) < 4.78 is 0. The number of Topliss-reactive ketones (excluding diaryl/α,β-unsaturated/α-hetero) is 1. The van der Waals surface area contributed by atoms with Gasteiger partial charge in [-0.3, -0.25) is 14.6 Å². The molecule has 5 heteroatoms. The largest absolute Gasteiger partial charge is 0.399 e. The molecule has 0 bridgehead atoms. The maximum absolute atomic E-state index is 12.3. The number of nitrogen functional groups attached to an aromatic ring is 1. The Morgan fingerprint density at radius 2 is 1.80 bits per heavy atom. The van der Waals surface area contributed by atoms with E-state index in [1.807, 2.05) is 49.4 Å². The SMILES string of the molecule is CCN(Cc1ccccn1)C(=O)CCC(=O)CCc1ccc(N)cc1. The molecule has 0 aliphatic heterocycles. The molecule has 0 aliphatic rings. The number of ketones is 1. The quantitative estimate of drug-likeness (QED) is 0.713. The fourth-order valence-electron chi connectivity index (χ4n) is 2.56. The molecule has 0 fully saturated rings. The van der Waals surface area contributed by atoms with E-state index in [-0.39, 0.29) is 24.5 Å². The van der Waals surface area contributed by atoms with Crippen LogP contribution in [0.15, 0.2) is 48.7 Å². The van der Waals surface area contributed by atoms with Gasteiger partial charge in [0.1, 0.15) is 5.78 Å². The van der Waals surface area contributed by atoms with Crippen LogP contribution in [0.3, 0.4) is 0 Å². The van der Waals surface area contributed by atoms with E-state index >= 15 is 0 Å². The molecule has 1 heterocycles. The molecule has 0 saturated heterocycles. The van der Waals surface area contributed by atoms with E-state index in [0.29, 0.717) is 31.6 Å². The number of anilines is 1. The van der Waals surface area contributed by atoms with E-state index in [1.54, 1.807) is 11.1 Å². The summed E-state index contributed by atoms with van der Waals surface area (Å²) in [5, 5.41) is 0. The van der Waals surface area contributed by atoms with Crippen molar-refractivity contribution in [1.29, 1.82) is 0 Å². The molecule has 25 heavy (non-hydrogen) atoms. The first-order chi connectivity index (χ1) is 12.1. The highest BCUT2D eigenvalue weighted by atomic mass is 16.2. The summed E-state index contributed by atoms with van der Waals surface area (Å²) >= 11 is 0. The average molecular weight is 339 g/mol. The zero-order valence-electron chi connectivity index (χ0n) is 14.6. The highest BCUT2D eigenvalue weighted by Gasteiger charge is 2.14. The third-order valence-corrected chi connectivity index (χ3v) is 4.10. The molecule has 0 unspecified atom stereocenters. The normalized spacial score (nSPS) is 10.4. The Labute approximate surface area is 148 Å². The molecule has 0 spiro atoms. The van der Waals surface area contributed by atoms with Gasteiger partial charge in [0.2, 0.25) is 5.91 Å². The number of nitrogens with zero attached hydrogens (tertiary/aromatic N) is 2. The van der Waals surface area contributed by atoms with Crippen LogP contribution >= 0.6 is 0 Å². The van der Waals surface area contributed by atoms with E-state index < -0.39 is 0 Å². The van der Waals surface area contributed by atoms with Gasteiger partial charge in [-0.15, -0.1) is 0 Å². The summed E-state index contributed by atoms with van der Waals surface area (Å²) in [6.45, 7) is 3.02. The minimum absolute atomic E-state index is 0.00557. The molecule has 1 aromatic carbocycles. The number of rotatable bonds is 9. The van der Waals surface area contributed by atoms with Gasteiger partial charge in [0.05, 0.1) is 12.2 Å². The van der Waals surface area contributed by atoms with E-state index in [9.17, 15) is 9.59 Å². The molecule has 2 N–H and O–H groups in total.